The fourth-order valence-electron chi connectivity index (χ4n) is 2.85. The summed E-state index contributed by atoms with van der Waals surface area (Å²) in [5.74, 6) is 1.24. The highest BCUT2D eigenvalue weighted by Gasteiger charge is 2.18. The summed E-state index contributed by atoms with van der Waals surface area (Å²) in [6, 6.07) is 8.13. The average molecular weight is 413 g/mol. The number of esters is 1. The first-order valence-electron chi connectivity index (χ1n) is 9.46. The third kappa shape index (κ3) is 4.65. The van der Waals surface area contributed by atoms with E-state index in [-0.39, 0.29) is 12.6 Å². The maximum absolute atomic E-state index is 12.5. The first-order chi connectivity index (χ1) is 14.6. The Bertz CT molecular complexity index is 968. The molecule has 2 aromatic carbocycles. The standard InChI is InChI=1S/C22H23NO7/c1-4-27-20-12-15(22(25)26-3)10-16(21(20)28-5-2)23-9-8-17(24)14-6-7-18-19(11-14)30-13-29-18/h6-12,23H,4-5,13H2,1-3H3/b9-8+. The van der Waals surface area contributed by atoms with Crippen LogP contribution < -0.4 is 24.3 Å². The van der Waals surface area contributed by atoms with Gasteiger partial charge in [-0.15, -0.1) is 0 Å². The summed E-state index contributed by atoms with van der Waals surface area (Å²) in [7, 11) is 1.30. The maximum Gasteiger partial charge on any atom is 0.338 e. The van der Waals surface area contributed by atoms with E-state index < -0.39 is 5.97 Å². The van der Waals surface area contributed by atoms with Crippen LogP contribution in [-0.4, -0.2) is 38.9 Å². The van der Waals surface area contributed by atoms with Crippen molar-refractivity contribution in [1.82, 2.24) is 0 Å². The maximum atomic E-state index is 12.5. The van der Waals surface area contributed by atoms with E-state index >= 15 is 0 Å². The Hall–Kier alpha value is -3.68. The van der Waals surface area contributed by atoms with Crippen LogP contribution in [0, 0.1) is 0 Å². The molecule has 1 heterocycles. The van der Waals surface area contributed by atoms with Gasteiger partial charge in [0.2, 0.25) is 6.79 Å². The fraction of sp³-hybridized carbons (Fsp3) is 0.273. The molecule has 8 heteroatoms. The molecule has 0 aliphatic carbocycles. The molecule has 0 saturated heterocycles. The predicted octanol–water partition coefficient (Wildman–Crippen LogP) is 3.81. The van der Waals surface area contributed by atoms with Gasteiger partial charge in [-0.2, -0.15) is 0 Å². The van der Waals surface area contributed by atoms with E-state index in [1.54, 1.807) is 30.3 Å². The van der Waals surface area contributed by atoms with Gasteiger partial charge in [0.15, 0.2) is 28.8 Å². The number of ketones is 1. The van der Waals surface area contributed by atoms with Crippen molar-refractivity contribution in [2.45, 2.75) is 13.8 Å². The highest BCUT2D eigenvalue weighted by molar-refractivity contribution is 6.05. The molecule has 8 nitrogen and oxygen atoms in total. The number of ether oxygens (including phenoxy) is 5. The van der Waals surface area contributed by atoms with Crippen LogP contribution in [-0.2, 0) is 4.74 Å². The number of allylic oxidation sites excluding steroid dienone is 1. The number of fused-ring (bicyclic) bond motifs is 1. The summed E-state index contributed by atoms with van der Waals surface area (Å²) in [5.41, 5.74) is 1.22. The molecule has 30 heavy (non-hydrogen) atoms. The van der Waals surface area contributed by atoms with Crippen molar-refractivity contribution < 1.29 is 33.3 Å². The molecular formula is C22H23NO7. The molecule has 0 radical (unpaired) electrons. The van der Waals surface area contributed by atoms with Crippen LogP contribution in [0.25, 0.3) is 0 Å². The van der Waals surface area contributed by atoms with Gasteiger partial charge in [-0.1, -0.05) is 0 Å². The van der Waals surface area contributed by atoms with Gasteiger partial charge in [-0.05, 0) is 44.2 Å². The van der Waals surface area contributed by atoms with E-state index in [1.807, 2.05) is 13.8 Å². The quantitative estimate of drug-likeness (QED) is 0.377. The smallest absolute Gasteiger partial charge is 0.338 e. The van der Waals surface area contributed by atoms with Crippen molar-refractivity contribution in [2.24, 2.45) is 0 Å². The zero-order chi connectivity index (χ0) is 21.5. The van der Waals surface area contributed by atoms with E-state index in [1.165, 1.54) is 19.4 Å². The Morgan fingerprint density at radius 2 is 1.80 bits per heavy atom. The van der Waals surface area contributed by atoms with Crippen molar-refractivity contribution in [3.63, 3.8) is 0 Å². The molecule has 2 aromatic rings. The second-order valence-electron chi connectivity index (χ2n) is 6.12. The largest absolute Gasteiger partial charge is 0.490 e. The molecule has 0 bridgehead atoms. The van der Waals surface area contributed by atoms with Crippen molar-refractivity contribution >= 4 is 17.4 Å². The van der Waals surface area contributed by atoms with Gasteiger partial charge in [0.05, 0.1) is 31.6 Å². The molecule has 0 saturated carbocycles. The average Bonchev–Trinajstić information content (AvgIpc) is 3.23. The van der Waals surface area contributed by atoms with Gasteiger partial charge in [0.1, 0.15) is 0 Å². The summed E-state index contributed by atoms with van der Waals surface area (Å²) >= 11 is 0. The van der Waals surface area contributed by atoms with Gasteiger partial charge in [0.25, 0.3) is 0 Å². The van der Waals surface area contributed by atoms with E-state index in [4.69, 9.17) is 23.7 Å². The third-order valence-corrected chi connectivity index (χ3v) is 4.20. The summed E-state index contributed by atoms with van der Waals surface area (Å²) in [6.45, 7) is 4.60. The molecule has 3 rings (SSSR count). The number of anilines is 1. The van der Waals surface area contributed by atoms with E-state index in [2.05, 4.69) is 5.32 Å². The first kappa shape index (κ1) is 21.0. The summed E-state index contributed by atoms with van der Waals surface area (Å²) < 4.78 is 26.7. The lowest BCUT2D eigenvalue weighted by Crippen LogP contribution is -2.07. The van der Waals surface area contributed by atoms with Crippen LogP contribution in [0.3, 0.4) is 0 Å². The number of carbonyl (C=O) groups is 2. The topological polar surface area (TPSA) is 92.3 Å². The van der Waals surface area contributed by atoms with Gasteiger partial charge in [0, 0.05) is 17.8 Å². The number of hydrogen-bond acceptors (Lipinski definition) is 8. The Kier molecular flexibility index (Phi) is 6.79. The van der Waals surface area contributed by atoms with Crippen LogP contribution in [0.15, 0.2) is 42.6 Å². The minimum Gasteiger partial charge on any atom is -0.490 e. The van der Waals surface area contributed by atoms with Crippen molar-refractivity contribution in [3.05, 3.63) is 53.7 Å². The second kappa shape index (κ2) is 9.69. The normalized spacial score (nSPS) is 12.0. The Morgan fingerprint density at radius 3 is 2.53 bits per heavy atom. The molecular weight excluding hydrogens is 390 g/mol. The molecule has 0 unspecified atom stereocenters. The Balaban J connectivity index is 1.84. The Morgan fingerprint density at radius 1 is 1.03 bits per heavy atom. The van der Waals surface area contributed by atoms with Crippen LogP contribution in [0.5, 0.6) is 23.0 Å². The van der Waals surface area contributed by atoms with E-state index in [9.17, 15) is 9.59 Å². The number of carbonyl (C=O) groups excluding carboxylic acids is 2. The van der Waals surface area contributed by atoms with Crippen LogP contribution >= 0.6 is 0 Å². The highest BCUT2D eigenvalue weighted by Crippen LogP contribution is 2.37. The molecule has 1 aliphatic rings. The molecule has 0 fully saturated rings. The summed E-state index contributed by atoms with van der Waals surface area (Å²) in [5, 5.41) is 3.00. The predicted molar refractivity (Wildman–Crippen MR) is 110 cm³/mol. The molecule has 0 spiro atoms. The van der Waals surface area contributed by atoms with Crippen LogP contribution in [0.4, 0.5) is 5.69 Å². The second-order valence-corrected chi connectivity index (χ2v) is 6.12. The zero-order valence-electron chi connectivity index (χ0n) is 17.0. The monoisotopic (exact) mass is 413 g/mol. The van der Waals surface area contributed by atoms with Crippen LogP contribution in [0.2, 0.25) is 0 Å². The number of nitrogens with one attached hydrogen (secondary N) is 1. The van der Waals surface area contributed by atoms with Crippen molar-refractivity contribution in [1.29, 1.82) is 0 Å². The highest BCUT2D eigenvalue weighted by atomic mass is 16.7. The molecule has 0 amide bonds. The lowest BCUT2D eigenvalue weighted by atomic mass is 10.1. The van der Waals surface area contributed by atoms with Gasteiger partial charge in [-0.3, -0.25) is 4.79 Å². The van der Waals surface area contributed by atoms with Gasteiger partial charge in [-0.25, -0.2) is 4.79 Å². The number of methoxy groups -OCH3 is 1. The third-order valence-electron chi connectivity index (χ3n) is 4.20. The first-order valence-corrected chi connectivity index (χ1v) is 9.46. The van der Waals surface area contributed by atoms with E-state index in [0.717, 1.165) is 0 Å². The number of rotatable bonds is 9. The number of benzene rings is 2. The molecule has 1 aliphatic heterocycles. The number of hydrogen-bond donors (Lipinski definition) is 1. The van der Waals surface area contributed by atoms with E-state index in [0.29, 0.717) is 53.0 Å². The minimum atomic E-state index is -0.512. The minimum absolute atomic E-state index is 0.142. The molecule has 158 valence electrons. The lowest BCUT2D eigenvalue weighted by molar-refractivity contribution is 0.0600. The van der Waals surface area contributed by atoms with Crippen LogP contribution in [0.1, 0.15) is 34.6 Å². The zero-order valence-corrected chi connectivity index (χ0v) is 17.0. The lowest BCUT2D eigenvalue weighted by Gasteiger charge is -2.16. The summed E-state index contributed by atoms with van der Waals surface area (Å²) in [6.07, 6.45) is 2.85. The fourth-order valence-corrected chi connectivity index (χ4v) is 2.85. The summed E-state index contributed by atoms with van der Waals surface area (Å²) in [4.78, 5) is 24.5. The SMILES string of the molecule is CCOc1cc(C(=O)OC)cc(N/C=C/C(=O)c2ccc3c(c2)OCO3)c1OCC. The van der Waals surface area contributed by atoms with Crippen molar-refractivity contribution in [3.8, 4) is 23.0 Å². The molecule has 1 N–H and O–H groups in total. The molecule has 0 atom stereocenters. The van der Waals surface area contributed by atoms with Gasteiger partial charge >= 0.3 is 5.97 Å². The van der Waals surface area contributed by atoms with Crippen molar-refractivity contribution in [2.75, 3.05) is 32.4 Å². The Labute approximate surface area is 174 Å². The molecule has 0 aromatic heterocycles. The van der Waals surface area contributed by atoms with Gasteiger partial charge < -0.3 is 29.0 Å².